The number of hydrogen-bond donors (Lipinski definition) is 1. The number of aliphatic carboxylic acids is 1. The first-order chi connectivity index (χ1) is 8.58. The van der Waals surface area contributed by atoms with E-state index < -0.39 is 17.2 Å². The van der Waals surface area contributed by atoms with Crippen LogP contribution in [0.2, 0.25) is 0 Å². The molecule has 1 aromatic heterocycles. The largest absolute Gasteiger partial charge is 0.480 e. The Morgan fingerprint density at radius 3 is 2.67 bits per heavy atom. The molecule has 0 spiro atoms. The van der Waals surface area contributed by atoms with Gasteiger partial charge < -0.3 is 9.84 Å². The second-order valence-corrected chi connectivity index (χ2v) is 4.77. The van der Waals surface area contributed by atoms with Crippen molar-refractivity contribution in [2.24, 2.45) is 0 Å². The van der Waals surface area contributed by atoms with E-state index in [0.717, 1.165) is 5.69 Å². The van der Waals surface area contributed by atoms with E-state index in [1.807, 2.05) is 6.92 Å². The normalized spacial score (nSPS) is 11.9. The Bertz CT molecular complexity index is 419. The van der Waals surface area contributed by atoms with Crippen molar-refractivity contribution in [3.05, 3.63) is 29.6 Å². The Morgan fingerprint density at radius 1 is 1.50 bits per heavy atom. The van der Waals surface area contributed by atoms with E-state index in [1.54, 1.807) is 12.1 Å². The third-order valence-corrected chi connectivity index (χ3v) is 3.72. The monoisotopic (exact) mass is 269 g/mol. The molecule has 1 rings (SSSR count). The summed E-state index contributed by atoms with van der Waals surface area (Å²) in [7, 11) is 1.31. The van der Waals surface area contributed by atoms with Gasteiger partial charge in [-0.25, -0.2) is 4.79 Å². The molecule has 0 bridgehead atoms. The summed E-state index contributed by atoms with van der Waals surface area (Å²) in [5.74, 6) is -0.737. The Hall–Kier alpha value is -1.56. The lowest BCUT2D eigenvalue weighted by atomic mass is 10.2. The zero-order valence-electron chi connectivity index (χ0n) is 10.3. The van der Waals surface area contributed by atoms with Crippen LogP contribution in [0.15, 0.2) is 18.3 Å². The van der Waals surface area contributed by atoms with Crippen LogP contribution < -0.4 is 0 Å². The average Bonchev–Trinajstić information content (AvgIpc) is 2.39. The van der Waals surface area contributed by atoms with Gasteiger partial charge in [-0.15, -0.1) is 11.8 Å². The quantitative estimate of drug-likeness (QED) is 0.796. The lowest BCUT2D eigenvalue weighted by Gasteiger charge is -2.08. The topological polar surface area (TPSA) is 76.5 Å². The molecule has 1 N–H and O–H groups in total. The fraction of sp³-hybridized carbons (Fsp3) is 0.417. The minimum atomic E-state index is -0.811. The highest BCUT2D eigenvalue weighted by Gasteiger charge is 2.15. The maximum Gasteiger partial charge on any atom is 0.339 e. The fourth-order valence-corrected chi connectivity index (χ4v) is 2.22. The predicted octanol–water partition coefficient (Wildman–Crippen LogP) is 1.96. The molecule has 0 aliphatic carbocycles. The molecular weight excluding hydrogens is 254 g/mol. The summed E-state index contributed by atoms with van der Waals surface area (Å²) >= 11 is 1.32. The maximum atomic E-state index is 11.2. The van der Waals surface area contributed by atoms with Gasteiger partial charge in [0.1, 0.15) is 5.25 Å². The first-order valence-electron chi connectivity index (χ1n) is 5.46. The number of carboxylic acid groups (broad SMARTS) is 1. The van der Waals surface area contributed by atoms with Crippen molar-refractivity contribution in [2.75, 3.05) is 7.11 Å². The second-order valence-electron chi connectivity index (χ2n) is 3.58. The Labute approximate surface area is 110 Å². The second kappa shape index (κ2) is 7.00. The number of thioether (sulfide) groups is 1. The fourth-order valence-electron chi connectivity index (χ4n) is 1.30. The number of ether oxygens (including phenoxy) is 1. The van der Waals surface area contributed by atoms with Crippen LogP contribution in [0.5, 0.6) is 0 Å². The van der Waals surface area contributed by atoms with Gasteiger partial charge >= 0.3 is 11.9 Å². The van der Waals surface area contributed by atoms with Gasteiger partial charge in [0.25, 0.3) is 0 Å². The van der Waals surface area contributed by atoms with Gasteiger partial charge in [0.2, 0.25) is 0 Å². The van der Waals surface area contributed by atoms with E-state index in [1.165, 1.54) is 25.1 Å². The van der Waals surface area contributed by atoms with Gasteiger partial charge in [-0.3, -0.25) is 9.78 Å². The van der Waals surface area contributed by atoms with Crippen LogP contribution in [0.25, 0.3) is 0 Å². The molecule has 1 aromatic rings. The molecule has 0 saturated carbocycles. The smallest absolute Gasteiger partial charge is 0.339 e. The first kappa shape index (κ1) is 14.5. The van der Waals surface area contributed by atoms with E-state index >= 15 is 0 Å². The summed E-state index contributed by atoms with van der Waals surface area (Å²) in [6, 6.07) is 3.32. The molecule has 0 aromatic carbocycles. The molecule has 1 heterocycles. The molecule has 0 radical (unpaired) electrons. The highest BCUT2D eigenvalue weighted by atomic mass is 32.2. The number of esters is 1. The van der Waals surface area contributed by atoms with E-state index in [0.29, 0.717) is 17.7 Å². The van der Waals surface area contributed by atoms with Crippen LogP contribution in [0.1, 0.15) is 29.4 Å². The number of hydrogen-bond acceptors (Lipinski definition) is 5. The molecule has 6 heteroatoms. The third-order valence-electron chi connectivity index (χ3n) is 2.32. The summed E-state index contributed by atoms with van der Waals surface area (Å²) in [5, 5.41) is 8.47. The van der Waals surface area contributed by atoms with E-state index in [9.17, 15) is 9.59 Å². The molecule has 18 heavy (non-hydrogen) atoms. The first-order valence-corrected chi connectivity index (χ1v) is 6.51. The van der Waals surface area contributed by atoms with Crippen molar-refractivity contribution in [1.29, 1.82) is 0 Å². The zero-order valence-corrected chi connectivity index (χ0v) is 11.1. The molecule has 0 aliphatic heterocycles. The van der Waals surface area contributed by atoms with Crippen molar-refractivity contribution in [2.45, 2.75) is 24.3 Å². The minimum Gasteiger partial charge on any atom is -0.480 e. The molecular formula is C12H15NO4S. The van der Waals surface area contributed by atoms with Crippen LogP contribution in [0.4, 0.5) is 0 Å². The summed E-state index contributed by atoms with van der Waals surface area (Å²) < 4.78 is 4.56. The average molecular weight is 269 g/mol. The molecule has 5 nitrogen and oxygen atoms in total. The number of carboxylic acids is 1. The lowest BCUT2D eigenvalue weighted by Crippen LogP contribution is -2.15. The predicted molar refractivity (Wildman–Crippen MR) is 68.6 cm³/mol. The maximum absolute atomic E-state index is 11.2. The Morgan fingerprint density at radius 2 is 2.22 bits per heavy atom. The zero-order chi connectivity index (χ0) is 13.5. The number of nitrogens with zero attached hydrogens (tertiary/aromatic N) is 1. The number of carbonyl (C=O) groups excluding carboxylic acids is 1. The molecule has 0 aliphatic rings. The van der Waals surface area contributed by atoms with E-state index in [-0.39, 0.29) is 0 Å². The molecule has 1 unspecified atom stereocenters. The number of methoxy groups -OCH3 is 1. The standard InChI is InChI=1S/C12H15NO4S/c1-3-10(11(14)15)18-7-9-5-4-8(6-13-9)12(16)17-2/h4-6,10H,3,7H2,1-2H3,(H,14,15). The van der Waals surface area contributed by atoms with Crippen LogP contribution in [0.3, 0.4) is 0 Å². The molecule has 0 amide bonds. The van der Waals surface area contributed by atoms with Crippen LogP contribution in [-0.2, 0) is 15.3 Å². The Kier molecular flexibility index (Phi) is 5.64. The summed E-state index contributed by atoms with van der Waals surface area (Å²) in [4.78, 5) is 26.1. The van der Waals surface area contributed by atoms with Gasteiger partial charge in [-0.1, -0.05) is 6.92 Å². The van der Waals surface area contributed by atoms with Crippen LogP contribution in [-0.4, -0.2) is 34.4 Å². The van der Waals surface area contributed by atoms with Crippen LogP contribution >= 0.6 is 11.8 Å². The number of aromatic nitrogens is 1. The molecule has 0 fully saturated rings. The SMILES string of the molecule is CCC(SCc1ccc(C(=O)OC)cn1)C(=O)O. The van der Waals surface area contributed by atoms with E-state index in [2.05, 4.69) is 9.72 Å². The third kappa shape index (κ3) is 4.03. The van der Waals surface area contributed by atoms with Gasteiger partial charge in [-0.05, 0) is 18.6 Å². The van der Waals surface area contributed by atoms with Crippen molar-refractivity contribution >= 4 is 23.7 Å². The van der Waals surface area contributed by atoms with Gasteiger partial charge in [-0.2, -0.15) is 0 Å². The minimum absolute atomic E-state index is 0.386. The summed E-state index contributed by atoms with van der Waals surface area (Å²) in [5.41, 5.74) is 1.13. The lowest BCUT2D eigenvalue weighted by molar-refractivity contribution is -0.136. The molecule has 98 valence electrons. The number of carbonyl (C=O) groups is 2. The highest BCUT2D eigenvalue weighted by molar-refractivity contribution is 7.99. The number of pyridine rings is 1. The van der Waals surface area contributed by atoms with E-state index in [4.69, 9.17) is 5.11 Å². The number of rotatable bonds is 6. The van der Waals surface area contributed by atoms with Crippen molar-refractivity contribution in [3.8, 4) is 0 Å². The summed E-state index contributed by atoms with van der Waals surface area (Å²) in [6.07, 6.45) is 2.00. The van der Waals surface area contributed by atoms with Crippen LogP contribution in [0, 0.1) is 0 Å². The summed E-state index contributed by atoms with van der Waals surface area (Å²) in [6.45, 7) is 1.83. The highest BCUT2D eigenvalue weighted by Crippen LogP contribution is 2.19. The van der Waals surface area contributed by atoms with Gasteiger partial charge in [0, 0.05) is 11.9 Å². The molecule has 1 atom stereocenters. The van der Waals surface area contributed by atoms with Crippen molar-refractivity contribution in [3.63, 3.8) is 0 Å². The van der Waals surface area contributed by atoms with Gasteiger partial charge in [0.15, 0.2) is 0 Å². The van der Waals surface area contributed by atoms with Crippen molar-refractivity contribution < 1.29 is 19.4 Å². The van der Waals surface area contributed by atoms with Crippen molar-refractivity contribution in [1.82, 2.24) is 4.98 Å². The van der Waals surface area contributed by atoms with Gasteiger partial charge in [0.05, 0.1) is 18.4 Å². The molecule has 0 saturated heterocycles. The Balaban J connectivity index is 2.58.